The number of carbonyl (C=O) groups is 1. The summed E-state index contributed by atoms with van der Waals surface area (Å²) in [4.78, 5) is 14.9. The number of rotatable bonds is 10. The lowest BCUT2D eigenvalue weighted by molar-refractivity contribution is -0.119. The Morgan fingerprint density at radius 3 is 2.13 bits per heavy atom. The monoisotopic (exact) mass is 446 g/mol. The third-order valence-electron chi connectivity index (χ3n) is 5.22. The van der Waals surface area contributed by atoms with Gasteiger partial charge in [-0.25, -0.2) is 4.31 Å². The Balaban J connectivity index is 2.15. The number of amides is 1. The number of hydrogen-bond acceptors (Lipinski definition) is 4. The van der Waals surface area contributed by atoms with Crippen LogP contribution in [0.25, 0.3) is 0 Å². The van der Waals surface area contributed by atoms with Crippen molar-refractivity contribution in [2.24, 2.45) is 0 Å². The van der Waals surface area contributed by atoms with Gasteiger partial charge in [-0.2, -0.15) is 12.7 Å². The number of benzene rings is 2. The van der Waals surface area contributed by atoms with E-state index in [0.717, 1.165) is 44.1 Å². The van der Waals surface area contributed by atoms with Crippen molar-refractivity contribution < 1.29 is 13.2 Å². The van der Waals surface area contributed by atoms with Crippen LogP contribution in [0.15, 0.2) is 42.5 Å². The maximum absolute atomic E-state index is 12.9. The zero-order valence-corrected chi connectivity index (χ0v) is 20.2. The van der Waals surface area contributed by atoms with Crippen molar-refractivity contribution in [3.05, 3.63) is 59.2 Å². The SMILES string of the molecule is CCN(CC)c1ccc(CNC(=O)CN(c2cc(C)ccc2C)S(=O)(=O)N(C)C)cc1. The van der Waals surface area contributed by atoms with Crippen molar-refractivity contribution in [2.75, 3.05) is 42.9 Å². The van der Waals surface area contributed by atoms with Crippen molar-refractivity contribution in [2.45, 2.75) is 34.2 Å². The van der Waals surface area contributed by atoms with Crippen LogP contribution in [0, 0.1) is 13.8 Å². The van der Waals surface area contributed by atoms with Crippen LogP contribution < -0.4 is 14.5 Å². The first-order valence-electron chi connectivity index (χ1n) is 10.5. The normalized spacial score (nSPS) is 11.5. The van der Waals surface area contributed by atoms with E-state index in [2.05, 4.69) is 24.1 Å². The number of nitrogens with one attached hydrogen (secondary N) is 1. The van der Waals surface area contributed by atoms with Gasteiger partial charge >= 0.3 is 10.2 Å². The Kier molecular flexibility index (Phi) is 8.47. The molecule has 0 bridgehead atoms. The Morgan fingerprint density at radius 1 is 0.968 bits per heavy atom. The molecule has 1 N–H and O–H groups in total. The Hall–Kier alpha value is -2.58. The van der Waals surface area contributed by atoms with Crippen LogP contribution in [0.4, 0.5) is 11.4 Å². The molecule has 0 unspecified atom stereocenters. The van der Waals surface area contributed by atoms with Crippen LogP contribution in [0.1, 0.15) is 30.5 Å². The summed E-state index contributed by atoms with van der Waals surface area (Å²) in [5.41, 5.74) is 4.31. The van der Waals surface area contributed by atoms with Crippen LogP contribution in [0.2, 0.25) is 0 Å². The summed E-state index contributed by atoms with van der Waals surface area (Å²) in [5.74, 6) is -0.362. The van der Waals surface area contributed by atoms with Crippen molar-refractivity contribution >= 4 is 27.5 Å². The molecule has 0 aliphatic rings. The first-order chi connectivity index (χ1) is 14.6. The molecule has 170 valence electrons. The highest BCUT2D eigenvalue weighted by atomic mass is 32.2. The van der Waals surface area contributed by atoms with Crippen LogP contribution in [0.3, 0.4) is 0 Å². The Labute approximate surface area is 186 Å². The molecule has 31 heavy (non-hydrogen) atoms. The molecule has 7 nitrogen and oxygen atoms in total. The van der Waals surface area contributed by atoms with Gasteiger partial charge < -0.3 is 10.2 Å². The van der Waals surface area contributed by atoms with Gasteiger partial charge in [0.1, 0.15) is 6.54 Å². The maximum atomic E-state index is 12.9. The van der Waals surface area contributed by atoms with E-state index in [9.17, 15) is 13.2 Å². The Morgan fingerprint density at radius 2 is 1.58 bits per heavy atom. The molecule has 0 heterocycles. The summed E-state index contributed by atoms with van der Waals surface area (Å²) >= 11 is 0. The second-order valence-electron chi connectivity index (χ2n) is 7.70. The fourth-order valence-corrected chi connectivity index (χ4v) is 4.40. The van der Waals surface area contributed by atoms with E-state index in [0.29, 0.717) is 12.2 Å². The molecular formula is C23H34N4O3S. The highest BCUT2D eigenvalue weighted by molar-refractivity contribution is 7.90. The van der Waals surface area contributed by atoms with E-state index in [4.69, 9.17) is 0 Å². The van der Waals surface area contributed by atoms with Gasteiger partial charge in [0.25, 0.3) is 0 Å². The van der Waals surface area contributed by atoms with Gasteiger partial charge in [0.2, 0.25) is 5.91 Å². The topological polar surface area (TPSA) is 73.0 Å². The molecule has 0 spiro atoms. The van der Waals surface area contributed by atoms with E-state index >= 15 is 0 Å². The molecule has 0 saturated carbocycles. The molecule has 0 aliphatic carbocycles. The third-order valence-corrected chi connectivity index (χ3v) is 7.02. The summed E-state index contributed by atoms with van der Waals surface area (Å²) in [6.45, 7) is 9.86. The van der Waals surface area contributed by atoms with E-state index in [1.807, 2.05) is 50.2 Å². The lowest BCUT2D eigenvalue weighted by Gasteiger charge is -2.28. The molecule has 0 aromatic heterocycles. The Bertz CT molecular complexity index is 984. The number of hydrogen-bond donors (Lipinski definition) is 1. The highest BCUT2D eigenvalue weighted by Crippen LogP contribution is 2.25. The number of carbonyl (C=O) groups excluding carboxylic acids is 1. The number of aryl methyl sites for hydroxylation is 2. The molecule has 2 aromatic carbocycles. The second-order valence-corrected chi connectivity index (χ2v) is 9.77. The zero-order chi connectivity index (χ0) is 23.2. The molecule has 2 rings (SSSR count). The molecule has 8 heteroatoms. The quantitative estimate of drug-likeness (QED) is 0.609. The first-order valence-corrected chi connectivity index (χ1v) is 11.9. The van der Waals surface area contributed by atoms with Gasteiger partial charge in [-0.3, -0.25) is 4.79 Å². The van der Waals surface area contributed by atoms with Crippen LogP contribution in [-0.4, -0.2) is 52.4 Å². The standard InChI is InChI=1S/C23H34N4O3S/c1-7-26(8-2)21-13-11-20(12-14-21)16-24-23(28)17-27(31(29,30)25(5)6)22-15-18(3)9-10-19(22)4/h9-15H,7-8,16-17H2,1-6H3,(H,24,28). The molecule has 0 aliphatic heterocycles. The summed E-state index contributed by atoms with van der Waals surface area (Å²) < 4.78 is 28.1. The van der Waals surface area contributed by atoms with Gasteiger partial charge in [0, 0.05) is 39.4 Å². The van der Waals surface area contributed by atoms with Crippen LogP contribution >= 0.6 is 0 Å². The van der Waals surface area contributed by atoms with Crippen molar-refractivity contribution in [3.63, 3.8) is 0 Å². The van der Waals surface area contributed by atoms with Gasteiger partial charge in [-0.15, -0.1) is 0 Å². The number of nitrogens with zero attached hydrogens (tertiary/aromatic N) is 3. The molecular weight excluding hydrogens is 412 g/mol. The predicted octanol–water partition coefficient (Wildman–Crippen LogP) is 3.08. The average Bonchev–Trinajstić information content (AvgIpc) is 2.74. The van der Waals surface area contributed by atoms with Gasteiger partial charge in [0.05, 0.1) is 5.69 Å². The lowest BCUT2D eigenvalue weighted by Crippen LogP contribution is -2.46. The second kappa shape index (κ2) is 10.6. The van der Waals surface area contributed by atoms with E-state index in [1.54, 1.807) is 6.07 Å². The molecule has 0 saturated heterocycles. The van der Waals surface area contributed by atoms with Crippen LogP contribution in [0.5, 0.6) is 0 Å². The minimum absolute atomic E-state index is 0.289. The number of anilines is 2. The van der Waals surface area contributed by atoms with Gasteiger partial charge in [-0.1, -0.05) is 24.3 Å². The lowest BCUT2D eigenvalue weighted by atomic mass is 10.1. The predicted molar refractivity (Wildman–Crippen MR) is 128 cm³/mol. The molecule has 0 radical (unpaired) electrons. The van der Waals surface area contributed by atoms with Gasteiger partial charge in [0.15, 0.2) is 0 Å². The maximum Gasteiger partial charge on any atom is 0.304 e. The fourth-order valence-electron chi connectivity index (χ4n) is 3.28. The zero-order valence-electron chi connectivity index (χ0n) is 19.3. The smallest absolute Gasteiger partial charge is 0.304 e. The summed E-state index contributed by atoms with van der Waals surface area (Å²) in [6.07, 6.45) is 0. The first kappa shape index (κ1) is 24.7. The summed E-state index contributed by atoms with van der Waals surface area (Å²) in [5, 5.41) is 2.84. The molecule has 0 atom stereocenters. The minimum atomic E-state index is -3.83. The fraction of sp³-hybridized carbons (Fsp3) is 0.435. The molecule has 0 fully saturated rings. The third kappa shape index (κ3) is 6.21. The van der Waals surface area contributed by atoms with E-state index in [-0.39, 0.29) is 12.5 Å². The minimum Gasteiger partial charge on any atom is -0.372 e. The van der Waals surface area contributed by atoms with Crippen molar-refractivity contribution in [1.82, 2.24) is 9.62 Å². The largest absolute Gasteiger partial charge is 0.372 e. The summed E-state index contributed by atoms with van der Waals surface area (Å²) in [6, 6.07) is 13.6. The van der Waals surface area contributed by atoms with E-state index < -0.39 is 10.2 Å². The molecule has 1 amide bonds. The van der Waals surface area contributed by atoms with Crippen molar-refractivity contribution in [1.29, 1.82) is 0 Å². The van der Waals surface area contributed by atoms with E-state index in [1.165, 1.54) is 14.1 Å². The van der Waals surface area contributed by atoms with Gasteiger partial charge in [-0.05, 0) is 62.6 Å². The van der Waals surface area contributed by atoms with Crippen LogP contribution in [-0.2, 0) is 21.5 Å². The summed E-state index contributed by atoms with van der Waals surface area (Å²) in [7, 11) is -0.908. The van der Waals surface area contributed by atoms with Crippen molar-refractivity contribution in [3.8, 4) is 0 Å². The molecule has 2 aromatic rings. The highest BCUT2D eigenvalue weighted by Gasteiger charge is 2.28. The average molecular weight is 447 g/mol.